The number of aryl methyl sites for hydroxylation is 1. The first-order valence-electron chi connectivity index (χ1n) is 5.17. The Hall–Kier alpha value is -1.48. The zero-order chi connectivity index (χ0) is 11.4. The molecule has 0 unspecified atom stereocenters. The summed E-state index contributed by atoms with van der Waals surface area (Å²) in [5, 5.41) is 4.86. The molecule has 16 heavy (non-hydrogen) atoms. The van der Waals surface area contributed by atoms with E-state index in [2.05, 4.69) is 12.0 Å². The van der Waals surface area contributed by atoms with Crippen LogP contribution < -0.4 is 4.74 Å². The Kier molecular flexibility index (Phi) is 3.47. The first kappa shape index (κ1) is 11.0. The van der Waals surface area contributed by atoms with Crippen molar-refractivity contribution < 1.29 is 4.74 Å². The van der Waals surface area contributed by atoms with E-state index in [0.717, 1.165) is 17.9 Å². The summed E-state index contributed by atoms with van der Waals surface area (Å²) in [5.74, 6) is 0.775. The lowest BCUT2D eigenvalue weighted by atomic mass is 10.3. The number of aromatic nitrogens is 2. The van der Waals surface area contributed by atoms with Gasteiger partial charge in [0.2, 0.25) is 0 Å². The van der Waals surface area contributed by atoms with Crippen LogP contribution in [0, 0.1) is 0 Å². The van der Waals surface area contributed by atoms with Crippen LogP contribution in [0.25, 0.3) is 0 Å². The molecule has 84 valence electrons. The van der Waals surface area contributed by atoms with Crippen LogP contribution in [0.15, 0.2) is 36.7 Å². The van der Waals surface area contributed by atoms with E-state index in [1.807, 2.05) is 35.3 Å². The van der Waals surface area contributed by atoms with E-state index in [0.29, 0.717) is 11.6 Å². The van der Waals surface area contributed by atoms with Crippen LogP contribution in [0.3, 0.4) is 0 Å². The van der Waals surface area contributed by atoms with Gasteiger partial charge < -0.3 is 4.74 Å². The molecule has 0 bridgehead atoms. The van der Waals surface area contributed by atoms with Gasteiger partial charge in [-0.1, -0.05) is 17.7 Å². The van der Waals surface area contributed by atoms with E-state index in [1.54, 1.807) is 6.07 Å². The van der Waals surface area contributed by atoms with Crippen molar-refractivity contribution in [2.45, 2.75) is 20.1 Å². The Balaban J connectivity index is 1.96. The van der Waals surface area contributed by atoms with Gasteiger partial charge in [-0.25, -0.2) is 0 Å². The maximum Gasteiger partial charge on any atom is 0.121 e. The Bertz CT molecular complexity index is 468. The number of hydrogen-bond donors (Lipinski definition) is 0. The summed E-state index contributed by atoms with van der Waals surface area (Å²) < 4.78 is 7.46. The molecule has 1 aromatic heterocycles. The van der Waals surface area contributed by atoms with E-state index in [1.165, 1.54) is 0 Å². The van der Waals surface area contributed by atoms with Crippen molar-refractivity contribution in [2.75, 3.05) is 0 Å². The molecule has 4 heteroatoms. The van der Waals surface area contributed by atoms with Crippen LogP contribution in [-0.4, -0.2) is 9.78 Å². The predicted molar refractivity (Wildman–Crippen MR) is 63.7 cm³/mol. The van der Waals surface area contributed by atoms with Crippen molar-refractivity contribution in [1.29, 1.82) is 0 Å². The number of hydrogen-bond acceptors (Lipinski definition) is 2. The number of benzene rings is 1. The first-order valence-corrected chi connectivity index (χ1v) is 5.55. The molecule has 0 saturated heterocycles. The number of ether oxygens (including phenoxy) is 1. The molecule has 0 spiro atoms. The highest BCUT2D eigenvalue weighted by Crippen LogP contribution is 2.18. The summed E-state index contributed by atoms with van der Waals surface area (Å²) in [6.45, 7) is 3.44. The predicted octanol–water partition coefficient (Wildman–Crippen LogP) is 3.14. The standard InChI is InChI=1S/C12H13ClN2O/c1-2-15-8-10(7-14-15)9-16-12-5-3-4-11(13)6-12/h3-8H,2,9H2,1H3. The molecule has 0 saturated carbocycles. The lowest BCUT2D eigenvalue weighted by molar-refractivity contribution is 0.306. The molecule has 2 rings (SSSR count). The smallest absolute Gasteiger partial charge is 0.121 e. The van der Waals surface area contributed by atoms with E-state index in [4.69, 9.17) is 16.3 Å². The largest absolute Gasteiger partial charge is 0.489 e. The molecule has 0 N–H and O–H groups in total. The molecule has 0 amide bonds. The fourth-order valence-corrected chi connectivity index (χ4v) is 1.56. The van der Waals surface area contributed by atoms with Gasteiger partial charge in [0.25, 0.3) is 0 Å². The van der Waals surface area contributed by atoms with Gasteiger partial charge in [-0.15, -0.1) is 0 Å². The highest BCUT2D eigenvalue weighted by atomic mass is 35.5. The Morgan fingerprint density at radius 2 is 2.31 bits per heavy atom. The molecule has 1 aromatic carbocycles. The van der Waals surface area contributed by atoms with Crippen molar-refractivity contribution in [2.24, 2.45) is 0 Å². The number of halogens is 1. The van der Waals surface area contributed by atoms with Crippen LogP contribution in [0.1, 0.15) is 12.5 Å². The van der Waals surface area contributed by atoms with Crippen LogP contribution >= 0.6 is 11.6 Å². The minimum Gasteiger partial charge on any atom is -0.489 e. The maximum absolute atomic E-state index is 5.86. The van der Waals surface area contributed by atoms with E-state index in [9.17, 15) is 0 Å². The Morgan fingerprint density at radius 1 is 1.44 bits per heavy atom. The molecule has 0 atom stereocenters. The fraction of sp³-hybridized carbons (Fsp3) is 0.250. The molecule has 0 aliphatic carbocycles. The zero-order valence-corrected chi connectivity index (χ0v) is 9.81. The minimum absolute atomic E-state index is 0.514. The summed E-state index contributed by atoms with van der Waals surface area (Å²) >= 11 is 5.86. The summed E-state index contributed by atoms with van der Waals surface area (Å²) in [6.07, 6.45) is 3.79. The summed E-state index contributed by atoms with van der Waals surface area (Å²) in [5.41, 5.74) is 1.06. The van der Waals surface area contributed by atoms with Crippen molar-refractivity contribution in [3.63, 3.8) is 0 Å². The van der Waals surface area contributed by atoms with Crippen molar-refractivity contribution in [3.8, 4) is 5.75 Å². The normalized spacial score (nSPS) is 10.4. The van der Waals surface area contributed by atoms with Gasteiger partial charge in [-0.05, 0) is 25.1 Å². The lowest BCUT2D eigenvalue weighted by Gasteiger charge is -2.04. The fourth-order valence-electron chi connectivity index (χ4n) is 1.38. The summed E-state index contributed by atoms with van der Waals surface area (Å²) in [4.78, 5) is 0. The van der Waals surface area contributed by atoms with E-state index in [-0.39, 0.29) is 0 Å². The molecule has 2 aromatic rings. The van der Waals surface area contributed by atoms with Crippen LogP contribution in [0.5, 0.6) is 5.75 Å². The molecule has 3 nitrogen and oxygen atoms in total. The van der Waals surface area contributed by atoms with Crippen LogP contribution in [-0.2, 0) is 13.2 Å². The average molecular weight is 237 g/mol. The number of nitrogens with zero attached hydrogens (tertiary/aromatic N) is 2. The van der Waals surface area contributed by atoms with E-state index >= 15 is 0 Å². The van der Waals surface area contributed by atoms with Crippen molar-refractivity contribution in [3.05, 3.63) is 47.2 Å². The van der Waals surface area contributed by atoms with Gasteiger partial charge in [0.1, 0.15) is 12.4 Å². The lowest BCUT2D eigenvalue weighted by Crippen LogP contribution is -1.95. The third-order valence-corrected chi connectivity index (χ3v) is 2.45. The van der Waals surface area contributed by atoms with Gasteiger partial charge in [0.05, 0.1) is 6.20 Å². The Labute approximate surface area is 99.6 Å². The monoisotopic (exact) mass is 236 g/mol. The second-order valence-corrected chi connectivity index (χ2v) is 3.89. The van der Waals surface area contributed by atoms with Crippen LogP contribution in [0.4, 0.5) is 0 Å². The topological polar surface area (TPSA) is 27.1 Å². The molecule has 0 radical (unpaired) electrons. The second kappa shape index (κ2) is 5.03. The first-order chi connectivity index (χ1) is 7.78. The molecular formula is C12H13ClN2O. The van der Waals surface area contributed by atoms with Crippen molar-refractivity contribution >= 4 is 11.6 Å². The third kappa shape index (κ3) is 2.76. The maximum atomic E-state index is 5.86. The average Bonchev–Trinajstić information content (AvgIpc) is 2.74. The minimum atomic E-state index is 0.514. The van der Waals surface area contributed by atoms with Gasteiger partial charge >= 0.3 is 0 Å². The second-order valence-electron chi connectivity index (χ2n) is 3.45. The zero-order valence-electron chi connectivity index (χ0n) is 9.06. The number of rotatable bonds is 4. The highest BCUT2D eigenvalue weighted by molar-refractivity contribution is 6.30. The molecule has 0 aliphatic heterocycles. The van der Waals surface area contributed by atoms with E-state index < -0.39 is 0 Å². The SMILES string of the molecule is CCn1cc(COc2cccc(Cl)c2)cn1. The van der Waals surface area contributed by atoms with Gasteiger partial charge in [0, 0.05) is 23.3 Å². The molecular weight excluding hydrogens is 224 g/mol. The van der Waals surface area contributed by atoms with Crippen molar-refractivity contribution in [1.82, 2.24) is 9.78 Å². The Morgan fingerprint density at radius 3 is 3.00 bits per heavy atom. The molecule has 1 heterocycles. The van der Waals surface area contributed by atoms with Crippen LogP contribution in [0.2, 0.25) is 5.02 Å². The molecule has 0 fully saturated rings. The van der Waals surface area contributed by atoms with Gasteiger partial charge in [-0.2, -0.15) is 5.10 Å². The highest BCUT2D eigenvalue weighted by Gasteiger charge is 1.99. The van der Waals surface area contributed by atoms with Gasteiger partial charge in [-0.3, -0.25) is 4.68 Å². The third-order valence-electron chi connectivity index (χ3n) is 2.21. The molecule has 0 aliphatic rings. The summed E-state index contributed by atoms with van der Waals surface area (Å²) in [7, 11) is 0. The quantitative estimate of drug-likeness (QED) is 0.816. The van der Waals surface area contributed by atoms with Gasteiger partial charge in [0.15, 0.2) is 0 Å². The summed E-state index contributed by atoms with van der Waals surface area (Å²) in [6, 6.07) is 7.37.